The van der Waals surface area contributed by atoms with Crippen molar-refractivity contribution in [2.24, 2.45) is 0 Å². The largest absolute Gasteiger partial charge is 0.383 e. The average molecular weight is 278 g/mol. The van der Waals surface area contributed by atoms with Gasteiger partial charge in [-0.25, -0.2) is 4.98 Å². The Balaban J connectivity index is 1.89. The first-order chi connectivity index (χ1) is 10.1. The van der Waals surface area contributed by atoms with Crippen LogP contribution in [0.3, 0.4) is 0 Å². The molecular formula is C16H14N4O. The minimum Gasteiger partial charge on any atom is -0.383 e. The zero-order chi connectivity index (χ0) is 14.6. The van der Waals surface area contributed by atoms with Crippen molar-refractivity contribution in [3.8, 4) is 11.3 Å². The monoisotopic (exact) mass is 278 g/mol. The van der Waals surface area contributed by atoms with E-state index in [4.69, 9.17) is 5.73 Å². The molecule has 21 heavy (non-hydrogen) atoms. The topological polar surface area (TPSA) is 72.4 Å². The maximum absolute atomic E-state index is 11.4. The molecule has 5 heteroatoms. The zero-order valence-electron chi connectivity index (χ0n) is 11.6. The Morgan fingerprint density at radius 3 is 3.00 bits per heavy atom. The third-order valence-corrected chi connectivity index (χ3v) is 3.81. The van der Waals surface area contributed by atoms with Gasteiger partial charge in [0.25, 0.3) is 0 Å². The highest BCUT2D eigenvalue weighted by Crippen LogP contribution is 2.32. The van der Waals surface area contributed by atoms with Gasteiger partial charge in [-0.2, -0.15) is 0 Å². The first kappa shape index (κ1) is 12.0. The second-order valence-electron chi connectivity index (χ2n) is 5.38. The fraction of sp³-hybridized carbons (Fsp3) is 0.125. The van der Waals surface area contributed by atoms with E-state index in [1.54, 1.807) is 0 Å². The van der Waals surface area contributed by atoms with Crippen LogP contribution in [0, 0.1) is 6.92 Å². The van der Waals surface area contributed by atoms with Crippen LogP contribution in [-0.2, 0) is 11.2 Å². The Kier molecular flexibility index (Phi) is 2.33. The number of amides is 1. The van der Waals surface area contributed by atoms with Crippen LogP contribution in [0.25, 0.3) is 16.9 Å². The van der Waals surface area contributed by atoms with Gasteiger partial charge in [0.15, 0.2) is 0 Å². The molecule has 5 nitrogen and oxygen atoms in total. The van der Waals surface area contributed by atoms with E-state index in [-0.39, 0.29) is 5.91 Å². The molecule has 0 saturated heterocycles. The number of rotatable bonds is 1. The number of nitrogens with two attached hydrogens (primary N) is 1. The highest BCUT2D eigenvalue weighted by molar-refractivity contribution is 5.99. The van der Waals surface area contributed by atoms with E-state index in [9.17, 15) is 4.79 Å². The number of aryl methyl sites for hydroxylation is 1. The molecule has 0 aliphatic carbocycles. The number of aromatic nitrogens is 2. The van der Waals surface area contributed by atoms with Gasteiger partial charge in [0.1, 0.15) is 17.2 Å². The molecule has 0 unspecified atom stereocenters. The van der Waals surface area contributed by atoms with Gasteiger partial charge >= 0.3 is 0 Å². The first-order valence-corrected chi connectivity index (χ1v) is 6.79. The molecule has 0 saturated carbocycles. The SMILES string of the molecule is Cc1ccc2nc(-c3ccc4c(c3)CC(=O)N4)c(N)n2c1. The molecule has 0 spiro atoms. The second kappa shape index (κ2) is 4.09. The van der Waals surface area contributed by atoms with Crippen molar-refractivity contribution in [1.29, 1.82) is 0 Å². The maximum atomic E-state index is 11.4. The molecule has 2 aromatic heterocycles. The van der Waals surface area contributed by atoms with Gasteiger partial charge in [0.05, 0.1) is 6.42 Å². The Labute approximate surface area is 121 Å². The molecule has 3 heterocycles. The van der Waals surface area contributed by atoms with E-state index in [1.807, 2.05) is 47.9 Å². The summed E-state index contributed by atoms with van der Waals surface area (Å²) in [5.41, 5.74) is 11.7. The van der Waals surface area contributed by atoms with Crippen molar-refractivity contribution in [3.05, 3.63) is 47.7 Å². The van der Waals surface area contributed by atoms with E-state index >= 15 is 0 Å². The van der Waals surface area contributed by atoms with Gasteiger partial charge < -0.3 is 11.1 Å². The summed E-state index contributed by atoms with van der Waals surface area (Å²) < 4.78 is 1.89. The van der Waals surface area contributed by atoms with Crippen LogP contribution in [0.2, 0.25) is 0 Å². The van der Waals surface area contributed by atoms with Gasteiger partial charge in [-0.15, -0.1) is 0 Å². The molecule has 4 rings (SSSR count). The molecule has 3 N–H and O–H groups in total. The van der Waals surface area contributed by atoms with Crippen molar-refractivity contribution in [1.82, 2.24) is 9.38 Å². The number of benzene rings is 1. The van der Waals surface area contributed by atoms with Crippen LogP contribution in [0.15, 0.2) is 36.5 Å². The summed E-state index contributed by atoms with van der Waals surface area (Å²) in [4.78, 5) is 16.0. The van der Waals surface area contributed by atoms with Crippen LogP contribution < -0.4 is 11.1 Å². The number of pyridine rings is 1. The van der Waals surface area contributed by atoms with E-state index in [0.717, 1.165) is 33.7 Å². The lowest BCUT2D eigenvalue weighted by molar-refractivity contribution is -0.115. The number of nitrogen functional groups attached to an aromatic ring is 1. The predicted octanol–water partition coefficient (Wildman–Crippen LogP) is 2.39. The van der Waals surface area contributed by atoms with Gasteiger partial charge in [-0.1, -0.05) is 12.1 Å². The number of imidazole rings is 1. The zero-order valence-corrected chi connectivity index (χ0v) is 11.6. The smallest absolute Gasteiger partial charge is 0.228 e. The fourth-order valence-electron chi connectivity index (χ4n) is 2.76. The lowest BCUT2D eigenvalue weighted by atomic mass is 10.1. The number of hydrogen-bond acceptors (Lipinski definition) is 3. The predicted molar refractivity (Wildman–Crippen MR) is 82.1 cm³/mol. The van der Waals surface area contributed by atoms with Crippen LogP contribution >= 0.6 is 0 Å². The summed E-state index contributed by atoms with van der Waals surface area (Å²) in [5, 5.41) is 2.83. The van der Waals surface area contributed by atoms with Crippen molar-refractivity contribution in [2.75, 3.05) is 11.1 Å². The van der Waals surface area contributed by atoms with Gasteiger partial charge in [0.2, 0.25) is 5.91 Å². The molecule has 0 atom stereocenters. The number of fused-ring (bicyclic) bond motifs is 2. The fourth-order valence-corrected chi connectivity index (χ4v) is 2.76. The van der Waals surface area contributed by atoms with E-state index in [0.29, 0.717) is 12.2 Å². The molecule has 0 radical (unpaired) electrons. The first-order valence-electron chi connectivity index (χ1n) is 6.79. The molecule has 1 aliphatic rings. The molecule has 0 fully saturated rings. The van der Waals surface area contributed by atoms with Crippen LogP contribution in [0.4, 0.5) is 11.5 Å². The Bertz CT molecular complexity index is 895. The van der Waals surface area contributed by atoms with Gasteiger partial charge in [-0.05, 0) is 36.2 Å². The highest BCUT2D eigenvalue weighted by Gasteiger charge is 2.19. The van der Waals surface area contributed by atoms with Crippen molar-refractivity contribution < 1.29 is 4.79 Å². The Morgan fingerprint density at radius 2 is 2.14 bits per heavy atom. The molecule has 3 aromatic rings. The van der Waals surface area contributed by atoms with Crippen LogP contribution in [0.1, 0.15) is 11.1 Å². The van der Waals surface area contributed by atoms with Crippen molar-refractivity contribution >= 4 is 23.1 Å². The molecule has 0 bridgehead atoms. The number of carbonyl (C=O) groups excluding carboxylic acids is 1. The minimum absolute atomic E-state index is 0.0285. The minimum atomic E-state index is 0.0285. The molecule has 1 aromatic carbocycles. The number of carbonyl (C=O) groups is 1. The lowest BCUT2D eigenvalue weighted by Crippen LogP contribution is -2.03. The molecule has 1 aliphatic heterocycles. The summed E-state index contributed by atoms with van der Waals surface area (Å²) in [6, 6.07) is 9.79. The Morgan fingerprint density at radius 1 is 1.29 bits per heavy atom. The third-order valence-electron chi connectivity index (χ3n) is 3.81. The molecular weight excluding hydrogens is 264 g/mol. The standard InChI is InChI=1S/C16H14N4O/c1-9-2-5-13-19-15(16(17)20(13)8-9)10-3-4-12-11(6-10)7-14(21)18-12/h2-6,8H,7,17H2,1H3,(H,18,21). The summed E-state index contributed by atoms with van der Waals surface area (Å²) in [7, 11) is 0. The van der Waals surface area contributed by atoms with Gasteiger partial charge in [-0.3, -0.25) is 9.20 Å². The van der Waals surface area contributed by atoms with E-state index < -0.39 is 0 Å². The normalized spacial score (nSPS) is 13.5. The number of anilines is 2. The summed E-state index contributed by atoms with van der Waals surface area (Å²) in [6.45, 7) is 2.02. The summed E-state index contributed by atoms with van der Waals surface area (Å²) in [6.07, 6.45) is 2.38. The Hall–Kier alpha value is -2.82. The van der Waals surface area contributed by atoms with Crippen LogP contribution in [0.5, 0.6) is 0 Å². The quantitative estimate of drug-likeness (QED) is 0.718. The number of hydrogen-bond donors (Lipinski definition) is 2. The number of nitrogens with one attached hydrogen (secondary N) is 1. The third kappa shape index (κ3) is 1.78. The second-order valence-corrected chi connectivity index (χ2v) is 5.38. The summed E-state index contributed by atoms with van der Waals surface area (Å²) >= 11 is 0. The van der Waals surface area contributed by atoms with Crippen molar-refractivity contribution in [3.63, 3.8) is 0 Å². The number of nitrogens with zero attached hydrogens (tertiary/aromatic N) is 2. The van der Waals surface area contributed by atoms with E-state index in [1.165, 1.54) is 0 Å². The van der Waals surface area contributed by atoms with Crippen molar-refractivity contribution in [2.45, 2.75) is 13.3 Å². The lowest BCUT2D eigenvalue weighted by Gasteiger charge is -2.03. The molecule has 104 valence electrons. The highest BCUT2D eigenvalue weighted by atomic mass is 16.1. The van der Waals surface area contributed by atoms with Gasteiger partial charge in [0, 0.05) is 17.4 Å². The summed E-state index contributed by atoms with van der Waals surface area (Å²) in [5.74, 6) is 0.645. The van der Waals surface area contributed by atoms with Crippen LogP contribution in [-0.4, -0.2) is 15.3 Å². The maximum Gasteiger partial charge on any atom is 0.228 e. The van der Waals surface area contributed by atoms with E-state index in [2.05, 4.69) is 10.3 Å². The average Bonchev–Trinajstić information content (AvgIpc) is 2.98. The molecule has 1 amide bonds.